The Morgan fingerprint density at radius 2 is 2.00 bits per heavy atom. The summed E-state index contributed by atoms with van der Waals surface area (Å²) in [6, 6.07) is 7.40. The Hall–Kier alpha value is -1.73. The molecule has 7 heteroatoms. The molecule has 2 heterocycles. The van der Waals surface area contributed by atoms with Gasteiger partial charge in [-0.1, -0.05) is 23.9 Å². The van der Waals surface area contributed by atoms with E-state index in [1.165, 1.54) is 18.9 Å². The van der Waals surface area contributed by atoms with Crippen LogP contribution in [-0.4, -0.2) is 40.6 Å². The van der Waals surface area contributed by atoms with Gasteiger partial charge in [0.15, 0.2) is 5.17 Å². The van der Waals surface area contributed by atoms with Crippen molar-refractivity contribution in [3.8, 4) is 0 Å². The largest absolute Gasteiger partial charge is 0.466 e. The molecule has 1 aromatic rings. The smallest absolute Gasteiger partial charge is 0.338 e. The molecule has 126 valence electrons. The van der Waals surface area contributed by atoms with Gasteiger partial charge >= 0.3 is 5.97 Å². The Labute approximate surface area is 149 Å². The van der Waals surface area contributed by atoms with Gasteiger partial charge < -0.3 is 4.74 Å². The van der Waals surface area contributed by atoms with E-state index in [2.05, 4.69) is 4.99 Å². The van der Waals surface area contributed by atoms with Gasteiger partial charge in [0.05, 0.1) is 29.7 Å². The third kappa shape index (κ3) is 2.75. The summed E-state index contributed by atoms with van der Waals surface area (Å²) < 4.78 is 4.95. The van der Waals surface area contributed by atoms with Gasteiger partial charge in [0.1, 0.15) is 0 Å². The zero-order chi connectivity index (χ0) is 17.4. The highest BCUT2D eigenvalue weighted by Crippen LogP contribution is 2.43. The minimum atomic E-state index is -0.495. The minimum absolute atomic E-state index is 0.0356. The predicted octanol–water partition coefficient (Wildman–Crippen LogP) is 3.23. The van der Waals surface area contributed by atoms with Crippen LogP contribution in [0, 0.1) is 0 Å². The van der Waals surface area contributed by atoms with Crippen molar-refractivity contribution < 1.29 is 14.3 Å². The Balaban J connectivity index is 2.14. The Bertz CT molecular complexity index is 756. The van der Waals surface area contributed by atoms with E-state index in [1.807, 2.05) is 37.4 Å². The molecule has 1 fully saturated rings. The van der Waals surface area contributed by atoms with Crippen LogP contribution in [0.5, 0.6) is 0 Å². The number of fused-ring (bicyclic) bond motifs is 1. The molecule has 0 saturated carbocycles. The van der Waals surface area contributed by atoms with Gasteiger partial charge in [-0.3, -0.25) is 9.69 Å². The van der Waals surface area contributed by atoms with Gasteiger partial charge in [0, 0.05) is 4.90 Å². The first-order valence-corrected chi connectivity index (χ1v) is 9.59. The molecule has 2 aliphatic rings. The van der Waals surface area contributed by atoms with Crippen molar-refractivity contribution in [2.45, 2.75) is 30.0 Å². The molecule has 2 aliphatic heterocycles. The van der Waals surface area contributed by atoms with Crippen LogP contribution in [0.4, 0.5) is 0 Å². The van der Waals surface area contributed by atoms with Crippen LogP contribution in [0.2, 0.25) is 0 Å². The number of methoxy groups -OCH3 is 1. The van der Waals surface area contributed by atoms with E-state index >= 15 is 0 Å². The number of ether oxygens (including phenoxy) is 1. The quantitative estimate of drug-likeness (QED) is 0.610. The summed E-state index contributed by atoms with van der Waals surface area (Å²) in [4.78, 5) is 32.2. The molecule has 2 atom stereocenters. The van der Waals surface area contributed by atoms with Crippen LogP contribution in [-0.2, 0) is 14.3 Å². The van der Waals surface area contributed by atoms with Crippen molar-refractivity contribution >= 4 is 40.6 Å². The third-order valence-corrected chi connectivity index (χ3v) is 5.89. The first-order chi connectivity index (χ1) is 11.5. The maximum atomic E-state index is 12.7. The maximum Gasteiger partial charge on any atom is 0.338 e. The summed E-state index contributed by atoms with van der Waals surface area (Å²) in [5.74, 6) is -0.488. The van der Waals surface area contributed by atoms with E-state index < -0.39 is 12.0 Å². The second-order valence-corrected chi connectivity index (χ2v) is 7.72. The Morgan fingerprint density at radius 3 is 2.58 bits per heavy atom. The molecular formula is C17H18N2O3S2. The summed E-state index contributed by atoms with van der Waals surface area (Å²) in [5, 5.41) is 0.443. The molecule has 5 nitrogen and oxygen atoms in total. The van der Waals surface area contributed by atoms with Gasteiger partial charge in [0.2, 0.25) is 5.91 Å². The van der Waals surface area contributed by atoms with Crippen molar-refractivity contribution in [3.63, 3.8) is 0 Å². The fourth-order valence-electron chi connectivity index (χ4n) is 2.88. The molecule has 0 unspecified atom stereocenters. The normalized spacial score (nSPS) is 23.2. The monoisotopic (exact) mass is 362 g/mol. The van der Waals surface area contributed by atoms with Gasteiger partial charge in [-0.05, 0) is 37.8 Å². The number of amides is 1. The number of allylic oxidation sites excluding steroid dienone is 1. The molecule has 0 aromatic heterocycles. The van der Waals surface area contributed by atoms with Crippen LogP contribution in [0.25, 0.3) is 0 Å². The van der Waals surface area contributed by atoms with Gasteiger partial charge in [-0.15, -0.1) is 11.8 Å². The zero-order valence-corrected chi connectivity index (χ0v) is 15.5. The van der Waals surface area contributed by atoms with Crippen LogP contribution in [0.3, 0.4) is 0 Å². The lowest BCUT2D eigenvalue weighted by Crippen LogP contribution is -2.40. The molecule has 0 bridgehead atoms. The molecule has 1 amide bonds. The molecule has 24 heavy (non-hydrogen) atoms. The number of nitrogens with zero attached hydrogens (tertiary/aromatic N) is 2. The number of carbonyl (C=O) groups is 2. The van der Waals surface area contributed by atoms with Crippen LogP contribution >= 0.6 is 23.5 Å². The fraction of sp³-hybridized carbons (Fsp3) is 0.353. The summed E-state index contributed by atoms with van der Waals surface area (Å²) in [7, 11) is 1.35. The van der Waals surface area contributed by atoms with Crippen LogP contribution < -0.4 is 0 Å². The number of hydrogen-bond acceptors (Lipinski definition) is 6. The maximum absolute atomic E-state index is 12.7. The van der Waals surface area contributed by atoms with E-state index in [4.69, 9.17) is 4.74 Å². The number of rotatable bonds is 3. The molecular weight excluding hydrogens is 344 g/mol. The SMILES string of the molecule is COC(=O)C1=C(C)N=C2S[C@@H](C)C(=O)N2[C@H]1c1ccc(SC)cc1. The van der Waals surface area contributed by atoms with Crippen molar-refractivity contribution in [2.24, 2.45) is 4.99 Å². The van der Waals surface area contributed by atoms with Gasteiger partial charge in [0.25, 0.3) is 0 Å². The number of thioether (sulfide) groups is 2. The number of amidine groups is 1. The average molecular weight is 362 g/mol. The summed E-state index contributed by atoms with van der Waals surface area (Å²) in [6.45, 7) is 3.64. The second-order valence-electron chi connectivity index (χ2n) is 5.53. The van der Waals surface area contributed by atoms with E-state index in [0.29, 0.717) is 16.4 Å². The van der Waals surface area contributed by atoms with Crippen molar-refractivity contribution in [1.82, 2.24) is 4.90 Å². The molecule has 1 saturated heterocycles. The topological polar surface area (TPSA) is 59.0 Å². The van der Waals surface area contributed by atoms with Gasteiger partial charge in [-0.25, -0.2) is 9.79 Å². The van der Waals surface area contributed by atoms with Crippen LogP contribution in [0.15, 0.2) is 45.4 Å². The van der Waals surface area contributed by atoms with E-state index in [9.17, 15) is 9.59 Å². The zero-order valence-electron chi connectivity index (χ0n) is 13.9. The molecule has 0 aliphatic carbocycles. The lowest BCUT2D eigenvalue weighted by Gasteiger charge is -2.32. The van der Waals surface area contributed by atoms with Crippen molar-refractivity contribution in [3.05, 3.63) is 41.1 Å². The number of carbonyl (C=O) groups excluding carboxylic acids is 2. The van der Waals surface area contributed by atoms with Crippen LogP contribution in [0.1, 0.15) is 25.5 Å². The number of hydrogen-bond donors (Lipinski definition) is 0. The molecule has 0 N–H and O–H groups in total. The second kappa shape index (κ2) is 6.64. The van der Waals surface area contributed by atoms with Crippen molar-refractivity contribution in [2.75, 3.05) is 13.4 Å². The number of esters is 1. The average Bonchev–Trinajstić information content (AvgIpc) is 2.87. The van der Waals surface area contributed by atoms with E-state index in [-0.39, 0.29) is 11.2 Å². The fourth-order valence-corrected chi connectivity index (χ4v) is 4.31. The number of benzene rings is 1. The lowest BCUT2D eigenvalue weighted by molar-refractivity contribution is -0.137. The first-order valence-electron chi connectivity index (χ1n) is 7.49. The Kier molecular flexibility index (Phi) is 4.73. The molecule has 3 rings (SSSR count). The summed E-state index contributed by atoms with van der Waals surface area (Å²) in [6.07, 6.45) is 2.01. The first kappa shape index (κ1) is 17.1. The molecule has 0 radical (unpaired) electrons. The van der Waals surface area contributed by atoms with E-state index in [0.717, 1.165) is 10.5 Å². The molecule has 0 spiro atoms. The highest BCUT2D eigenvalue weighted by molar-refractivity contribution is 8.15. The predicted molar refractivity (Wildman–Crippen MR) is 97.0 cm³/mol. The standard InChI is InChI=1S/C17H18N2O3S2/c1-9-13(16(21)22-3)14(11-5-7-12(23-4)8-6-11)19-15(20)10(2)24-17(19)18-9/h5-8,10,14H,1-4H3/t10-,14-/m0/s1. The van der Waals surface area contributed by atoms with Gasteiger partial charge in [-0.2, -0.15) is 0 Å². The highest BCUT2D eigenvalue weighted by atomic mass is 32.2. The lowest BCUT2D eigenvalue weighted by atomic mass is 9.94. The Morgan fingerprint density at radius 1 is 1.33 bits per heavy atom. The third-order valence-electron chi connectivity index (χ3n) is 4.10. The summed E-state index contributed by atoms with van der Waals surface area (Å²) >= 11 is 3.07. The highest BCUT2D eigenvalue weighted by Gasteiger charge is 2.46. The summed E-state index contributed by atoms with van der Waals surface area (Å²) in [5.41, 5.74) is 1.89. The molecule has 1 aromatic carbocycles. The van der Waals surface area contributed by atoms with E-state index in [1.54, 1.807) is 23.6 Å². The minimum Gasteiger partial charge on any atom is -0.466 e. The van der Waals surface area contributed by atoms with Crippen molar-refractivity contribution in [1.29, 1.82) is 0 Å². The number of aliphatic imine (C=N–C) groups is 1.